The molecule has 0 radical (unpaired) electrons. The van der Waals surface area contributed by atoms with Gasteiger partial charge in [-0.2, -0.15) is 0 Å². The first-order chi connectivity index (χ1) is 7.20. The van der Waals surface area contributed by atoms with Crippen molar-refractivity contribution in [3.05, 3.63) is 41.7 Å². The molecule has 0 aromatic heterocycles. The third kappa shape index (κ3) is 1.66. The first-order valence-electron chi connectivity index (χ1n) is 4.63. The fourth-order valence-electron chi connectivity index (χ4n) is 1.46. The van der Waals surface area contributed by atoms with Crippen LogP contribution in [0.5, 0.6) is 0 Å². The minimum atomic E-state index is -0.273. The lowest BCUT2D eigenvalue weighted by molar-refractivity contribution is -0.112. The van der Waals surface area contributed by atoms with Crippen LogP contribution < -0.4 is 0 Å². The number of hydrogen-bond donors (Lipinski definition) is 0. The molecule has 15 heavy (non-hydrogen) atoms. The normalized spacial score (nSPS) is 14.9. The van der Waals surface area contributed by atoms with Crippen LogP contribution >= 0.6 is 0 Å². The average molecular weight is 201 g/mol. The standard InChI is InChI=1S/C11H11N3O/c1-14(2)10-9(11(15)13-12-10)8-6-4-3-5-7-8/h3-7H,1-2H3. The second kappa shape index (κ2) is 3.65. The van der Waals surface area contributed by atoms with Crippen molar-refractivity contribution in [3.63, 3.8) is 0 Å². The number of rotatable bonds is 2. The fourth-order valence-corrected chi connectivity index (χ4v) is 1.46. The molecule has 0 unspecified atom stereocenters. The van der Waals surface area contributed by atoms with Gasteiger partial charge in [-0.1, -0.05) is 30.3 Å². The van der Waals surface area contributed by atoms with Crippen molar-refractivity contribution in [3.8, 4) is 0 Å². The molecular formula is C11H11N3O. The minimum Gasteiger partial charge on any atom is -0.361 e. The molecule has 0 N–H and O–H groups in total. The van der Waals surface area contributed by atoms with Gasteiger partial charge in [-0.15, -0.1) is 10.2 Å². The highest BCUT2D eigenvalue weighted by Crippen LogP contribution is 2.27. The van der Waals surface area contributed by atoms with E-state index in [2.05, 4.69) is 10.2 Å². The molecule has 4 heteroatoms. The molecule has 1 aliphatic rings. The van der Waals surface area contributed by atoms with Gasteiger partial charge in [0.15, 0.2) is 5.82 Å². The Morgan fingerprint density at radius 2 is 1.73 bits per heavy atom. The van der Waals surface area contributed by atoms with E-state index < -0.39 is 0 Å². The monoisotopic (exact) mass is 201 g/mol. The van der Waals surface area contributed by atoms with E-state index in [1.165, 1.54) is 0 Å². The van der Waals surface area contributed by atoms with Gasteiger partial charge in [-0.25, -0.2) is 0 Å². The number of hydrogen-bond acceptors (Lipinski definition) is 3. The predicted octanol–water partition coefficient (Wildman–Crippen LogP) is 1.91. The third-order valence-electron chi connectivity index (χ3n) is 2.16. The summed E-state index contributed by atoms with van der Waals surface area (Å²) in [5.41, 5.74) is 1.43. The van der Waals surface area contributed by atoms with Gasteiger partial charge in [0, 0.05) is 14.1 Å². The fraction of sp³-hybridized carbons (Fsp3) is 0.182. The molecule has 1 amide bonds. The summed E-state index contributed by atoms with van der Waals surface area (Å²) in [7, 11) is 3.69. The second-order valence-corrected chi connectivity index (χ2v) is 3.46. The average Bonchev–Trinajstić information content (AvgIpc) is 2.61. The molecule has 1 aromatic rings. The van der Waals surface area contributed by atoms with Gasteiger partial charge in [-0.3, -0.25) is 4.79 Å². The molecule has 0 aliphatic carbocycles. The van der Waals surface area contributed by atoms with Crippen LogP contribution in [0.4, 0.5) is 0 Å². The first kappa shape index (κ1) is 9.58. The summed E-state index contributed by atoms with van der Waals surface area (Å²) in [6, 6.07) is 9.45. The van der Waals surface area contributed by atoms with Crippen molar-refractivity contribution in [1.82, 2.24) is 4.90 Å². The summed E-state index contributed by atoms with van der Waals surface area (Å²) in [4.78, 5) is 13.3. The summed E-state index contributed by atoms with van der Waals surface area (Å²) in [6.45, 7) is 0. The molecule has 1 heterocycles. The number of azo groups is 1. The Labute approximate surface area is 87.9 Å². The minimum absolute atomic E-state index is 0.273. The number of amides is 1. The van der Waals surface area contributed by atoms with Gasteiger partial charge in [-0.05, 0) is 5.56 Å². The van der Waals surface area contributed by atoms with E-state index in [-0.39, 0.29) is 5.91 Å². The number of carbonyl (C=O) groups is 1. The highest BCUT2D eigenvalue weighted by molar-refractivity contribution is 6.21. The van der Waals surface area contributed by atoms with Crippen LogP contribution in [0, 0.1) is 0 Å². The van der Waals surface area contributed by atoms with Crippen molar-refractivity contribution < 1.29 is 4.79 Å². The highest BCUT2D eigenvalue weighted by Gasteiger charge is 2.23. The first-order valence-corrected chi connectivity index (χ1v) is 4.63. The zero-order chi connectivity index (χ0) is 10.8. The molecule has 0 atom stereocenters. The maximum absolute atomic E-state index is 11.5. The zero-order valence-corrected chi connectivity index (χ0v) is 8.64. The van der Waals surface area contributed by atoms with E-state index in [1.807, 2.05) is 44.4 Å². The number of carbonyl (C=O) groups excluding carboxylic acids is 1. The molecule has 1 aliphatic heterocycles. The Kier molecular flexibility index (Phi) is 2.33. The lowest BCUT2D eigenvalue weighted by atomic mass is 10.1. The van der Waals surface area contributed by atoms with Gasteiger partial charge in [0.1, 0.15) is 0 Å². The van der Waals surface area contributed by atoms with Crippen molar-refractivity contribution in [2.24, 2.45) is 10.2 Å². The molecule has 4 nitrogen and oxygen atoms in total. The molecule has 0 bridgehead atoms. The Bertz CT molecular complexity index is 446. The van der Waals surface area contributed by atoms with Crippen molar-refractivity contribution in [2.75, 3.05) is 14.1 Å². The van der Waals surface area contributed by atoms with Gasteiger partial charge < -0.3 is 4.90 Å². The van der Waals surface area contributed by atoms with Crippen LogP contribution in [0.3, 0.4) is 0 Å². The lowest BCUT2D eigenvalue weighted by Gasteiger charge is -2.11. The van der Waals surface area contributed by atoms with E-state index in [9.17, 15) is 4.79 Å². The van der Waals surface area contributed by atoms with E-state index in [4.69, 9.17) is 0 Å². The summed E-state index contributed by atoms with van der Waals surface area (Å²) in [5.74, 6) is 0.344. The molecule has 76 valence electrons. The van der Waals surface area contributed by atoms with Gasteiger partial charge in [0.05, 0.1) is 5.57 Å². The van der Waals surface area contributed by atoms with Crippen LogP contribution in [-0.2, 0) is 4.79 Å². The Balaban J connectivity index is 2.52. The topological polar surface area (TPSA) is 45.0 Å². The zero-order valence-electron chi connectivity index (χ0n) is 8.64. The van der Waals surface area contributed by atoms with E-state index in [0.29, 0.717) is 11.4 Å². The van der Waals surface area contributed by atoms with Crippen LogP contribution in [0.15, 0.2) is 46.4 Å². The Hall–Kier alpha value is -1.97. The molecule has 0 fully saturated rings. The number of benzene rings is 1. The van der Waals surface area contributed by atoms with Crippen molar-refractivity contribution >= 4 is 11.5 Å². The molecule has 1 aromatic carbocycles. The molecule has 2 rings (SSSR count). The van der Waals surface area contributed by atoms with Gasteiger partial charge in [0.25, 0.3) is 5.91 Å². The van der Waals surface area contributed by atoms with Crippen molar-refractivity contribution in [1.29, 1.82) is 0 Å². The van der Waals surface area contributed by atoms with Gasteiger partial charge >= 0.3 is 0 Å². The van der Waals surface area contributed by atoms with Crippen LogP contribution in [-0.4, -0.2) is 24.9 Å². The SMILES string of the molecule is CN(C)C1=C(c2ccccc2)C(=O)N=N1. The van der Waals surface area contributed by atoms with Crippen LogP contribution in [0.25, 0.3) is 5.57 Å². The Morgan fingerprint density at radius 1 is 1.07 bits per heavy atom. The number of nitrogens with zero attached hydrogens (tertiary/aromatic N) is 3. The summed E-state index contributed by atoms with van der Waals surface area (Å²) in [5, 5.41) is 7.42. The van der Waals surface area contributed by atoms with E-state index in [0.717, 1.165) is 5.56 Å². The van der Waals surface area contributed by atoms with E-state index in [1.54, 1.807) is 4.90 Å². The molecule has 0 saturated carbocycles. The highest BCUT2D eigenvalue weighted by atomic mass is 16.2. The maximum Gasteiger partial charge on any atom is 0.299 e. The molecule has 0 spiro atoms. The van der Waals surface area contributed by atoms with Crippen LogP contribution in [0.2, 0.25) is 0 Å². The maximum atomic E-state index is 11.5. The van der Waals surface area contributed by atoms with Gasteiger partial charge in [0.2, 0.25) is 0 Å². The summed E-state index contributed by atoms with van der Waals surface area (Å²) in [6.07, 6.45) is 0. The second-order valence-electron chi connectivity index (χ2n) is 3.46. The van der Waals surface area contributed by atoms with Crippen molar-refractivity contribution in [2.45, 2.75) is 0 Å². The lowest BCUT2D eigenvalue weighted by Crippen LogP contribution is -2.11. The molecule has 0 saturated heterocycles. The predicted molar refractivity (Wildman–Crippen MR) is 56.9 cm³/mol. The third-order valence-corrected chi connectivity index (χ3v) is 2.16. The largest absolute Gasteiger partial charge is 0.361 e. The smallest absolute Gasteiger partial charge is 0.299 e. The summed E-state index contributed by atoms with van der Waals surface area (Å²) < 4.78 is 0. The van der Waals surface area contributed by atoms with Crippen LogP contribution in [0.1, 0.15) is 5.56 Å². The Morgan fingerprint density at radius 3 is 2.33 bits per heavy atom. The summed E-state index contributed by atoms with van der Waals surface area (Å²) >= 11 is 0. The van der Waals surface area contributed by atoms with E-state index >= 15 is 0 Å². The quantitative estimate of drug-likeness (QED) is 0.733. The molecular weight excluding hydrogens is 190 g/mol.